The number of hydrogen-bond acceptors (Lipinski definition) is 6. The maximum absolute atomic E-state index is 5.64. The molecule has 1 saturated carbocycles. The van der Waals surface area contributed by atoms with Crippen LogP contribution in [0.3, 0.4) is 0 Å². The van der Waals surface area contributed by atoms with E-state index in [9.17, 15) is 0 Å². The van der Waals surface area contributed by atoms with E-state index < -0.39 is 0 Å². The van der Waals surface area contributed by atoms with Crippen LogP contribution in [0.2, 0.25) is 0 Å². The molecular weight excluding hydrogens is 396 g/mol. The molecule has 1 N–H and O–H groups in total. The number of H-pyrrole nitrogens is 1. The van der Waals surface area contributed by atoms with Crippen molar-refractivity contribution >= 4 is 22.4 Å². The Bertz CT molecular complexity index is 969. The molecule has 0 amide bonds. The molecule has 4 heterocycles. The van der Waals surface area contributed by atoms with Gasteiger partial charge in [-0.25, -0.2) is 9.97 Å². The lowest BCUT2D eigenvalue weighted by molar-refractivity contribution is 0.118. The zero-order chi connectivity index (χ0) is 20.3. The van der Waals surface area contributed by atoms with Crippen LogP contribution in [0, 0.1) is 0 Å². The summed E-state index contributed by atoms with van der Waals surface area (Å²) in [4.78, 5) is 15.3. The minimum absolute atomic E-state index is 0.596. The maximum Gasteiger partial charge on any atom is 0.273 e. The smallest absolute Gasteiger partial charge is 0.273 e. The number of hydrogen-bond donors (Lipinski definition) is 1. The van der Waals surface area contributed by atoms with Gasteiger partial charge >= 0.3 is 0 Å². The molecule has 6 nitrogen and oxygen atoms in total. The first-order chi connectivity index (χ1) is 14.8. The largest absolute Gasteiger partial charge is 0.470 e. The minimum Gasteiger partial charge on any atom is -0.470 e. The van der Waals surface area contributed by atoms with Crippen LogP contribution >= 0.6 is 11.3 Å². The number of nitrogens with zero attached hydrogens (tertiary/aromatic N) is 3. The Morgan fingerprint density at radius 2 is 2.13 bits per heavy atom. The number of nitrogens with one attached hydrogen (secondary N) is 1. The summed E-state index contributed by atoms with van der Waals surface area (Å²) in [5.41, 5.74) is 4.36. The lowest BCUT2D eigenvalue weighted by Crippen LogP contribution is -2.39. The minimum atomic E-state index is 0.596. The number of aromatic amines is 1. The lowest BCUT2D eigenvalue weighted by Gasteiger charge is -2.36. The quantitative estimate of drug-likeness (QED) is 0.633. The lowest BCUT2D eigenvalue weighted by atomic mass is 9.81. The summed E-state index contributed by atoms with van der Waals surface area (Å²) < 4.78 is 11.2. The molecule has 0 unspecified atom stereocenters. The van der Waals surface area contributed by atoms with Crippen molar-refractivity contribution in [3.63, 3.8) is 0 Å². The second-order valence-electron chi connectivity index (χ2n) is 8.31. The molecule has 5 rings (SSSR count). The van der Waals surface area contributed by atoms with Crippen molar-refractivity contribution in [1.29, 1.82) is 0 Å². The van der Waals surface area contributed by atoms with Gasteiger partial charge in [-0.05, 0) is 56.6 Å². The van der Waals surface area contributed by atoms with Crippen LogP contribution < -0.4 is 4.74 Å². The maximum atomic E-state index is 5.64. The van der Waals surface area contributed by atoms with Crippen LogP contribution in [0.5, 0.6) is 5.19 Å². The third kappa shape index (κ3) is 4.11. The average Bonchev–Trinajstić information content (AvgIpc) is 3.32. The predicted molar refractivity (Wildman–Crippen MR) is 120 cm³/mol. The number of rotatable bonds is 5. The second kappa shape index (κ2) is 9.04. The van der Waals surface area contributed by atoms with Crippen LogP contribution in [-0.4, -0.2) is 58.8 Å². The van der Waals surface area contributed by atoms with Crippen molar-refractivity contribution in [3.05, 3.63) is 29.4 Å². The molecule has 0 atom stereocenters. The highest BCUT2D eigenvalue weighted by Gasteiger charge is 2.27. The summed E-state index contributed by atoms with van der Waals surface area (Å²) in [6, 6.07) is 3.05. The van der Waals surface area contributed by atoms with Crippen molar-refractivity contribution in [2.75, 3.05) is 32.9 Å². The van der Waals surface area contributed by atoms with Crippen LogP contribution in [0.25, 0.3) is 22.3 Å². The molecule has 0 bridgehead atoms. The molecule has 0 aromatic carbocycles. The second-order valence-corrected chi connectivity index (χ2v) is 9.13. The van der Waals surface area contributed by atoms with E-state index in [4.69, 9.17) is 14.5 Å². The van der Waals surface area contributed by atoms with E-state index in [1.807, 2.05) is 13.1 Å². The van der Waals surface area contributed by atoms with E-state index in [2.05, 4.69) is 32.5 Å². The van der Waals surface area contributed by atoms with E-state index in [0.717, 1.165) is 53.3 Å². The monoisotopic (exact) mass is 426 g/mol. The summed E-state index contributed by atoms with van der Waals surface area (Å²) in [5.74, 6) is 0.596. The SMILES string of the molecule is CCOc1nc(-c2c[nH]c3ncc(C4CCC(N5CCCOCC5)CC4)cc23)cs1. The fraction of sp³-hybridized carbons (Fsp3) is 0.565. The Morgan fingerprint density at radius 3 is 3.00 bits per heavy atom. The van der Waals surface area contributed by atoms with E-state index in [1.165, 1.54) is 44.2 Å². The fourth-order valence-electron chi connectivity index (χ4n) is 4.93. The molecule has 3 aromatic rings. The van der Waals surface area contributed by atoms with Crippen molar-refractivity contribution in [2.45, 2.75) is 51.0 Å². The van der Waals surface area contributed by atoms with Crippen LogP contribution in [0.4, 0.5) is 0 Å². The first kappa shape index (κ1) is 20.0. The first-order valence-electron chi connectivity index (χ1n) is 11.2. The summed E-state index contributed by atoms with van der Waals surface area (Å²) in [5, 5.41) is 3.95. The van der Waals surface area contributed by atoms with E-state index >= 15 is 0 Å². The summed E-state index contributed by atoms with van der Waals surface area (Å²) >= 11 is 1.55. The normalized spacial score (nSPS) is 23.5. The van der Waals surface area contributed by atoms with Crippen molar-refractivity contribution < 1.29 is 9.47 Å². The van der Waals surface area contributed by atoms with E-state index in [1.54, 1.807) is 11.3 Å². The molecule has 7 heteroatoms. The molecule has 3 aromatic heterocycles. The molecule has 0 spiro atoms. The molecule has 1 aliphatic carbocycles. The molecular formula is C23H30N4O2S. The van der Waals surface area contributed by atoms with Crippen LogP contribution in [-0.2, 0) is 4.74 Å². The summed E-state index contributed by atoms with van der Waals surface area (Å²) in [7, 11) is 0. The molecule has 2 fully saturated rings. The van der Waals surface area contributed by atoms with Gasteiger partial charge in [0.05, 0.1) is 18.9 Å². The number of thiazole rings is 1. The zero-order valence-electron chi connectivity index (χ0n) is 17.6. The van der Waals surface area contributed by atoms with Gasteiger partial charge in [0.15, 0.2) is 0 Å². The third-order valence-corrected chi connectivity index (χ3v) is 7.27. The Labute approximate surface area is 181 Å². The van der Waals surface area contributed by atoms with Gasteiger partial charge in [-0.2, -0.15) is 0 Å². The molecule has 0 radical (unpaired) electrons. The van der Waals surface area contributed by atoms with E-state index in [-0.39, 0.29) is 0 Å². The van der Waals surface area contributed by atoms with E-state index in [0.29, 0.717) is 12.5 Å². The van der Waals surface area contributed by atoms with Crippen LogP contribution in [0.15, 0.2) is 23.8 Å². The Kier molecular flexibility index (Phi) is 6.02. The predicted octanol–water partition coefficient (Wildman–Crippen LogP) is 4.83. The number of fused-ring (bicyclic) bond motifs is 1. The van der Waals surface area contributed by atoms with Gasteiger partial charge in [-0.1, -0.05) is 11.3 Å². The Morgan fingerprint density at radius 1 is 1.23 bits per heavy atom. The Balaban J connectivity index is 1.31. The van der Waals surface area contributed by atoms with Crippen molar-refractivity contribution in [2.24, 2.45) is 0 Å². The van der Waals surface area contributed by atoms with Crippen LogP contribution in [0.1, 0.15) is 50.5 Å². The summed E-state index contributed by atoms with van der Waals surface area (Å²) in [6.07, 6.45) is 10.3. The standard InChI is InChI=1S/C23H30N4O2S/c1-2-29-23-26-21(15-30-23)20-14-25-22-19(20)12-17(13-24-22)16-4-6-18(7-5-16)27-8-3-10-28-11-9-27/h12-16,18H,2-11H2,1H3,(H,24,25). The van der Waals surface area contributed by atoms with Crippen molar-refractivity contribution in [1.82, 2.24) is 19.9 Å². The molecule has 30 heavy (non-hydrogen) atoms. The van der Waals surface area contributed by atoms with Gasteiger partial charge in [-0.15, -0.1) is 0 Å². The zero-order valence-corrected chi connectivity index (χ0v) is 18.4. The van der Waals surface area contributed by atoms with Gasteiger partial charge in [0.25, 0.3) is 5.19 Å². The van der Waals surface area contributed by atoms with Gasteiger partial charge in [0.1, 0.15) is 5.65 Å². The topological polar surface area (TPSA) is 63.3 Å². The van der Waals surface area contributed by atoms with Gasteiger partial charge < -0.3 is 14.5 Å². The number of aromatic nitrogens is 3. The average molecular weight is 427 g/mol. The Hall–Kier alpha value is -1.96. The van der Waals surface area contributed by atoms with Gasteiger partial charge in [0, 0.05) is 54.5 Å². The summed E-state index contributed by atoms with van der Waals surface area (Å²) in [6.45, 7) is 6.71. The number of pyridine rings is 1. The molecule has 160 valence electrons. The first-order valence-corrected chi connectivity index (χ1v) is 12.1. The highest BCUT2D eigenvalue weighted by Crippen LogP contribution is 2.37. The van der Waals surface area contributed by atoms with Gasteiger partial charge in [0.2, 0.25) is 0 Å². The van der Waals surface area contributed by atoms with Crippen molar-refractivity contribution in [3.8, 4) is 16.5 Å². The highest BCUT2D eigenvalue weighted by atomic mass is 32.1. The molecule has 1 aliphatic heterocycles. The molecule has 1 saturated heterocycles. The number of ether oxygens (including phenoxy) is 2. The molecule has 2 aliphatic rings. The highest BCUT2D eigenvalue weighted by molar-refractivity contribution is 7.11. The van der Waals surface area contributed by atoms with Gasteiger partial charge in [-0.3, -0.25) is 4.90 Å². The third-order valence-electron chi connectivity index (χ3n) is 6.52. The fourth-order valence-corrected chi connectivity index (χ4v) is 5.66.